The van der Waals surface area contributed by atoms with Crippen molar-refractivity contribution in [3.05, 3.63) is 47.8 Å². The van der Waals surface area contributed by atoms with E-state index in [0.717, 1.165) is 37.1 Å². The van der Waals surface area contributed by atoms with Crippen molar-refractivity contribution in [3.63, 3.8) is 0 Å². The molecule has 0 aromatic heterocycles. The number of carbonyl (C=O) groups is 2. The van der Waals surface area contributed by atoms with E-state index in [1.807, 2.05) is 13.0 Å². The number of likely N-dealkylation sites (tertiary alicyclic amines) is 1. The molecule has 27 heavy (non-hydrogen) atoms. The van der Waals surface area contributed by atoms with E-state index < -0.39 is 5.41 Å². The van der Waals surface area contributed by atoms with Crippen LogP contribution in [0.5, 0.6) is 0 Å². The molecule has 2 heterocycles. The zero-order chi connectivity index (χ0) is 19.3. The van der Waals surface area contributed by atoms with E-state index in [9.17, 15) is 14.0 Å². The summed E-state index contributed by atoms with van der Waals surface area (Å²) in [6, 6.07) is 6.01. The Balaban J connectivity index is 1.86. The number of dihydropyridines is 1. The number of piperidine rings is 1. The van der Waals surface area contributed by atoms with Crippen LogP contribution in [0, 0.1) is 5.82 Å². The topological polar surface area (TPSA) is 61.8 Å². The highest BCUT2D eigenvalue weighted by atomic mass is 19.1. The lowest BCUT2D eigenvalue weighted by molar-refractivity contribution is -0.131. The maximum atomic E-state index is 13.4. The fourth-order valence-electron chi connectivity index (χ4n) is 3.86. The van der Waals surface area contributed by atoms with E-state index in [-0.39, 0.29) is 17.8 Å². The fourth-order valence-corrected chi connectivity index (χ4v) is 3.86. The molecule has 0 spiro atoms. The summed E-state index contributed by atoms with van der Waals surface area (Å²) in [6.45, 7) is 3.78. The Morgan fingerprint density at radius 3 is 2.59 bits per heavy atom. The Labute approximate surface area is 159 Å². The van der Waals surface area contributed by atoms with Crippen LogP contribution < -0.4 is 5.32 Å². The third kappa shape index (κ3) is 4.10. The second-order valence-corrected chi connectivity index (χ2v) is 7.16. The highest BCUT2D eigenvalue weighted by Crippen LogP contribution is 2.36. The Morgan fingerprint density at radius 2 is 2.04 bits per heavy atom. The van der Waals surface area contributed by atoms with Crippen LogP contribution in [-0.2, 0) is 15.0 Å². The van der Waals surface area contributed by atoms with Crippen molar-refractivity contribution < 1.29 is 14.0 Å². The number of halogens is 1. The Hall–Kier alpha value is -2.50. The number of nitrogens with zero attached hydrogens (tertiary/aromatic N) is 2. The van der Waals surface area contributed by atoms with Gasteiger partial charge < -0.3 is 10.2 Å². The molecule has 1 aromatic carbocycles. The van der Waals surface area contributed by atoms with Crippen molar-refractivity contribution in [2.45, 2.75) is 44.1 Å². The van der Waals surface area contributed by atoms with Gasteiger partial charge in [0.25, 0.3) is 0 Å². The van der Waals surface area contributed by atoms with Gasteiger partial charge in [-0.1, -0.05) is 25.1 Å². The van der Waals surface area contributed by atoms with Gasteiger partial charge in [-0.25, -0.2) is 4.39 Å². The van der Waals surface area contributed by atoms with E-state index in [2.05, 4.69) is 16.4 Å². The van der Waals surface area contributed by atoms with Crippen molar-refractivity contribution in [2.24, 2.45) is 4.99 Å². The van der Waals surface area contributed by atoms with Crippen molar-refractivity contribution in [3.8, 4) is 0 Å². The third-order valence-electron chi connectivity index (χ3n) is 5.58. The summed E-state index contributed by atoms with van der Waals surface area (Å²) in [5.74, 6) is -0.402. The van der Waals surface area contributed by atoms with Gasteiger partial charge in [0, 0.05) is 19.6 Å². The second kappa shape index (κ2) is 8.46. The summed E-state index contributed by atoms with van der Waals surface area (Å²) >= 11 is 0. The van der Waals surface area contributed by atoms with E-state index in [1.54, 1.807) is 17.0 Å². The minimum absolute atomic E-state index is 0.0758. The van der Waals surface area contributed by atoms with Crippen molar-refractivity contribution in [1.82, 2.24) is 10.2 Å². The van der Waals surface area contributed by atoms with Crippen LogP contribution in [-0.4, -0.2) is 48.6 Å². The van der Waals surface area contributed by atoms with E-state index in [1.165, 1.54) is 12.1 Å². The number of hydrogen-bond donors (Lipinski definition) is 1. The number of carbonyl (C=O) groups excluding carboxylic acids is 2. The van der Waals surface area contributed by atoms with Gasteiger partial charge in [0.15, 0.2) is 0 Å². The van der Waals surface area contributed by atoms with Gasteiger partial charge in [-0.3, -0.25) is 14.6 Å². The molecule has 6 heteroatoms. The minimum atomic E-state index is -0.764. The molecule has 1 aromatic rings. The second-order valence-electron chi connectivity index (χ2n) is 7.16. The Kier molecular flexibility index (Phi) is 6.04. The maximum absolute atomic E-state index is 13.4. The summed E-state index contributed by atoms with van der Waals surface area (Å²) in [7, 11) is 0. The maximum Gasteiger partial charge on any atom is 0.231 e. The molecule has 0 bridgehead atoms. The third-order valence-corrected chi connectivity index (χ3v) is 5.58. The smallest absolute Gasteiger partial charge is 0.231 e. The van der Waals surface area contributed by atoms with Crippen LogP contribution in [0.2, 0.25) is 0 Å². The molecule has 1 N–H and O–H groups in total. The van der Waals surface area contributed by atoms with Gasteiger partial charge in [-0.2, -0.15) is 0 Å². The Bertz CT molecular complexity index is 734. The minimum Gasteiger partial charge on any atom is -0.347 e. The van der Waals surface area contributed by atoms with Crippen LogP contribution >= 0.6 is 0 Å². The van der Waals surface area contributed by atoms with Crippen molar-refractivity contribution in [1.29, 1.82) is 0 Å². The highest BCUT2D eigenvalue weighted by molar-refractivity contribution is 6.02. The molecule has 1 unspecified atom stereocenters. The molecule has 144 valence electrons. The number of rotatable bonds is 6. The number of aliphatic imine (C=N–C) groups is 1. The fraction of sp³-hybridized carbons (Fsp3) is 0.476. The predicted molar refractivity (Wildman–Crippen MR) is 103 cm³/mol. The first kappa shape index (κ1) is 19.3. The molecular weight excluding hydrogens is 345 g/mol. The summed E-state index contributed by atoms with van der Waals surface area (Å²) in [5, 5.41) is 3.17. The van der Waals surface area contributed by atoms with Crippen molar-refractivity contribution >= 4 is 18.0 Å². The van der Waals surface area contributed by atoms with Crippen LogP contribution in [0.1, 0.15) is 38.2 Å². The lowest BCUT2D eigenvalue weighted by Crippen LogP contribution is -2.54. The van der Waals surface area contributed by atoms with Crippen LogP contribution in [0.15, 0.2) is 41.4 Å². The first-order chi connectivity index (χ1) is 13.1. The van der Waals surface area contributed by atoms with Gasteiger partial charge in [0.1, 0.15) is 5.82 Å². The van der Waals surface area contributed by atoms with Crippen molar-refractivity contribution in [2.75, 3.05) is 19.6 Å². The summed E-state index contributed by atoms with van der Waals surface area (Å²) in [6.07, 6.45) is 7.59. The zero-order valence-electron chi connectivity index (χ0n) is 15.7. The molecule has 5 nitrogen and oxygen atoms in total. The van der Waals surface area contributed by atoms with Crippen LogP contribution in [0.4, 0.5) is 4.39 Å². The first-order valence-corrected chi connectivity index (χ1v) is 9.56. The molecule has 0 aliphatic carbocycles. The molecule has 0 saturated carbocycles. The van der Waals surface area contributed by atoms with E-state index >= 15 is 0 Å². The molecule has 1 atom stereocenters. The molecule has 2 aliphatic heterocycles. The van der Waals surface area contributed by atoms with E-state index in [4.69, 9.17) is 0 Å². The lowest BCUT2D eigenvalue weighted by atomic mass is 9.71. The monoisotopic (exact) mass is 371 g/mol. The van der Waals surface area contributed by atoms with E-state index in [0.29, 0.717) is 25.9 Å². The zero-order valence-corrected chi connectivity index (χ0v) is 15.7. The molecular formula is C21H26FN3O2. The van der Waals surface area contributed by atoms with Gasteiger partial charge in [-0.05, 0) is 49.5 Å². The number of amides is 2. The summed E-state index contributed by atoms with van der Waals surface area (Å²) in [5.41, 5.74) is 0.930. The molecule has 0 radical (unpaired) electrons. The SMILES string of the molecule is CCC(NC(=O)C1(c2ccc(F)cc2)CCN(C=O)CC1)C1=NCCC=C1. The Morgan fingerprint density at radius 1 is 1.33 bits per heavy atom. The normalized spacial score (nSPS) is 19.9. The molecule has 2 aliphatic rings. The molecule has 1 fully saturated rings. The predicted octanol–water partition coefficient (Wildman–Crippen LogP) is 2.61. The highest BCUT2D eigenvalue weighted by Gasteiger charge is 2.43. The number of hydrogen-bond acceptors (Lipinski definition) is 3. The average molecular weight is 371 g/mol. The summed E-state index contributed by atoms with van der Waals surface area (Å²) in [4.78, 5) is 30.7. The summed E-state index contributed by atoms with van der Waals surface area (Å²) < 4.78 is 13.4. The van der Waals surface area contributed by atoms with Gasteiger partial charge in [0.05, 0.1) is 17.2 Å². The largest absolute Gasteiger partial charge is 0.347 e. The van der Waals surface area contributed by atoms with Crippen LogP contribution in [0.3, 0.4) is 0 Å². The molecule has 3 rings (SSSR count). The molecule has 2 amide bonds. The van der Waals surface area contributed by atoms with Crippen LogP contribution in [0.25, 0.3) is 0 Å². The average Bonchev–Trinajstić information content (AvgIpc) is 2.73. The standard InChI is InChI=1S/C21H26FN3O2/c1-2-18(19-5-3-4-12-23-19)24-20(27)21(10-13-25(15-26)14-11-21)16-6-8-17(22)9-7-16/h3,5-9,15,18H,2,4,10-14H2,1H3,(H,24,27). The molecule has 1 saturated heterocycles. The number of benzene rings is 1. The van der Waals surface area contributed by atoms with Gasteiger partial charge >= 0.3 is 0 Å². The first-order valence-electron chi connectivity index (χ1n) is 9.56. The van der Waals surface area contributed by atoms with Gasteiger partial charge in [0.2, 0.25) is 12.3 Å². The van der Waals surface area contributed by atoms with Gasteiger partial charge in [-0.15, -0.1) is 0 Å². The quantitative estimate of drug-likeness (QED) is 0.782. The lowest BCUT2D eigenvalue weighted by Gasteiger charge is -2.40. The number of nitrogens with one attached hydrogen (secondary N) is 1.